The second-order valence-electron chi connectivity index (χ2n) is 7.79. The number of esters is 1. The largest absolute Gasteiger partial charge is 0.469 e. The number of nitrogens with zero attached hydrogens (tertiary/aromatic N) is 1. The van der Waals surface area contributed by atoms with Gasteiger partial charge in [-0.05, 0) is 29.5 Å². The number of ether oxygens (including phenoxy) is 1. The molecule has 2 aromatic carbocycles. The molecular weight excluding hydrogens is 396 g/mol. The Hall–Kier alpha value is -2.59. The molecule has 0 saturated carbocycles. The van der Waals surface area contributed by atoms with Gasteiger partial charge in [-0.3, -0.25) is 4.79 Å². The molecule has 0 radical (unpaired) electrons. The Morgan fingerprint density at radius 1 is 1.10 bits per heavy atom. The van der Waals surface area contributed by atoms with E-state index in [2.05, 4.69) is 29.9 Å². The van der Waals surface area contributed by atoms with Crippen LogP contribution in [0.1, 0.15) is 48.8 Å². The third kappa shape index (κ3) is 5.31. The van der Waals surface area contributed by atoms with Crippen LogP contribution >= 0.6 is 11.6 Å². The lowest BCUT2D eigenvalue weighted by Crippen LogP contribution is -2.21. The fourth-order valence-corrected chi connectivity index (χ4v) is 4.15. The molecule has 4 nitrogen and oxygen atoms in total. The Kier molecular flexibility index (Phi) is 7.69. The molecule has 3 rings (SSSR count). The minimum atomic E-state index is -0.270. The number of methoxy groups -OCH3 is 1. The molecule has 1 heterocycles. The molecule has 0 spiro atoms. The first-order valence-electron chi connectivity index (χ1n) is 10.4. The van der Waals surface area contributed by atoms with E-state index in [4.69, 9.17) is 16.3 Å². The van der Waals surface area contributed by atoms with E-state index in [1.807, 2.05) is 54.7 Å². The summed E-state index contributed by atoms with van der Waals surface area (Å²) in [5.41, 5.74) is 3.11. The highest BCUT2D eigenvalue weighted by Gasteiger charge is 2.26. The predicted molar refractivity (Wildman–Crippen MR) is 121 cm³/mol. The van der Waals surface area contributed by atoms with Crippen LogP contribution in [-0.4, -0.2) is 23.0 Å². The Labute approximate surface area is 183 Å². The summed E-state index contributed by atoms with van der Waals surface area (Å²) >= 11 is 6.51. The molecule has 0 aliphatic heterocycles. The lowest BCUT2D eigenvalue weighted by Gasteiger charge is -2.22. The smallest absolute Gasteiger partial charge is 0.309 e. The summed E-state index contributed by atoms with van der Waals surface area (Å²) in [6, 6.07) is 17.9. The van der Waals surface area contributed by atoms with E-state index in [1.54, 1.807) is 0 Å². The molecule has 0 aliphatic rings. The van der Waals surface area contributed by atoms with Crippen molar-refractivity contribution in [3.8, 4) is 0 Å². The van der Waals surface area contributed by atoms with Crippen LogP contribution in [0, 0.1) is 11.8 Å². The average Bonchev–Trinajstić information content (AvgIpc) is 3.22. The minimum absolute atomic E-state index is 0.0724. The van der Waals surface area contributed by atoms with Crippen LogP contribution < -0.4 is 0 Å². The van der Waals surface area contributed by atoms with Gasteiger partial charge in [-0.1, -0.05) is 80.4 Å². The first kappa shape index (κ1) is 22.1. The molecule has 1 N–H and O–H groups in total. The molecular formula is C25H29ClN2O2. The number of aromatic amines is 1. The number of aromatic nitrogens is 2. The SMILES string of the molecule is CCC(C)C(c1ncc(CC(Cc2ccccc2)C(=O)OC)[nH]1)c1ccccc1Cl. The predicted octanol–water partition coefficient (Wildman–Crippen LogP) is 5.82. The summed E-state index contributed by atoms with van der Waals surface area (Å²) in [6.07, 6.45) is 4.01. The van der Waals surface area contributed by atoms with Crippen LogP contribution in [0.4, 0.5) is 0 Å². The monoisotopic (exact) mass is 424 g/mol. The summed E-state index contributed by atoms with van der Waals surface area (Å²) in [7, 11) is 1.44. The third-order valence-electron chi connectivity index (χ3n) is 5.72. The Bertz CT molecular complexity index is 955. The highest BCUT2D eigenvalue weighted by atomic mass is 35.5. The zero-order valence-electron chi connectivity index (χ0n) is 17.8. The average molecular weight is 425 g/mol. The van der Waals surface area contributed by atoms with E-state index in [1.165, 1.54) is 7.11 Å². The van der Waals surface area contributed by atoms with E-state index in [9.17, 15) is 4.79 Å². The Morgan fingerprint density at radius 3 is 2.47 bits per heavy atom. The second kappa shape index (κ2) is 10.4. The van der Waals surface area contributed by atoms with Gasteiger partial charge in [-0.25, -0.2) is 4.98 Å². The minimum Gasteiger partial charge on any atom is -0.469 e. The quantitative estimate of drug-likeness (QED) is 0.440. The zero-order chi connectivity index (χ0) is 21.5. The summed E-state index contributed by atoms with van der Waals surface area (Å²) in [4.78, 5) is 20.6. The zero-order valence-corrected chi connectivity index (χ0v) is 18.5. The number of hydrogen-bond donors (Lipinski definition) is 1. The lowest BCUT2D eigenvalue weighted by atomic mass is 9.85. The fourth-order valence-electron chi connectivity index (χ4n) is 3.89. The maximum absolute atomic E-state index is 12.4. The van der Waals surface area contributed by atoms with E-state index in [0.29, 0.717) is 18.8 Å². The Morgan fingerprint density at radius 2 is 1.80 bits per heavy atom. The number of rotatable bonds is 9. The highest BCUT2D eigenvalue weighted by Crippen LogP contribution is 2.36. The van der Waals surface area contributed by atoms with Crippen molar-refractivity contribution in [2.75, 3.05) is 7.11 Å². The van der Waals surface area contributed by atoms with Gasteiger partial charge in [0.2, 0.25) is 0 Å². The molecule has 3 atom stereocenters. The fraction of sp³-hybridized carbons (Fsp3) is 0.360. The second-order valence-corrected chi connectivity index (χ2v) is 8.20. The van der Waals surface area contributed by atoms with Gasteiger partial charge in [0.1, 0.15) is 5.82 Å². The molecule has 3 aromatic rings. The van der Waals surface area contributed by atoms with E-state index in [-0.39, 0.29) is 17.8 Å². The first-order valence-corrected chi connectivity index (χ1v) is 10.8. The van der Waals surface area contributed by atoms with E-state index < -0.39 is 0 Å². The maximum atomic E-state index is 12.4. The molecule has 0 amide bonds. The van der Waals surface area contributed by atoms with Gasteiger partial charge in [-0.15, -0.1) is 0 Å². The molecule has 3 unspecified atom stereocenters. The van der Waals surface area contributed by atoms with Gasteiger partial charge in [-0.2, -0.15) is 0 Å². The highest BCUT2D eigenvalue weighted by molar-refractivity contribution is 6.31. The van der Waals surface area contributed by atoms with Crippen molar-refractivity contribution >= 4 is 17.6 Å². The molecule has 0 fully saturated rings. The molecule has 0 aliphatic carbocycles. The maximum Gasteiger partial charge on any atom is 0.309 e. The van der Waals surface area contributed by atoms with Crippen LogP contribution in [0.5, 0.6) is 0 Å². The van der Waals surface area contributed by atoms with E-state index >= 15 is 0 Å². The van der Waals surface area contributed by atoms with Crippen LogP contribution in [-0.2, 0) is 22.4 Å². The first-order chi connectivity index (χ1) is 14.5. The van der Waals surface area contributed by atoms with Gasteiger partial charge in [0.25, 0.3) is 0 Å². The van der Waals surface area contributed by atoms with Crippen LogP contribution in [0.3, 0.4) is 0 Å². The van der Waals surface area contributed by atoms with Gasteiger partial charge in [0.15, 0.2) is 0 Å². The molecule has 0 saturated heterocycles. The molecule has 0 bridgehead atoms. The summed E-state index contributed by atoms with van der Waals surface area (Å²) < 4.78 is 5.06. The molecule has 1 aromatic heterocycles. The van der Waals surface area contributed by atoms with Crippen LogP contribution in [0.25, 0.3) is 0 Å². The van der Waals surface area contributed by atoms with Gasteiger partial charge in [0, 0.05) is 29.3 Å². The number of H-pyrrole nitrogens is 1. The summed E-state index contributed by atoms with van der Waals surface area (Å²) in [6.45, 7) is 4.38. The number of carbonyl (C=O) groups is 1. The lowest BCUT2D eigenvalue weighted by molar-refractivity contribution is -0.145. The molecule has 5 heteroatoms. The van der Waals surface area contributed by atoms with Gasteiger partial charge in [0.05, 0.1) is 13.0 Å². The number of carbonyl (C=O) groups excluding carboxylic acids is 1. The number of nitrogens with one attached hydrogen (secondary N) is 1. The van der Waals surface area contributed by atoms with Crippen molar-refractivity contribution in [1.82, 2.24) is 9.97 Å². The normalized spacial score (nSPS) is 14.1. The number of halogens is 1. The van der Waals surface area contributed by atoms with Gasteiger partial charge >= 0.3 is 5.97 Å². The third-order valence-corrected chi connectivity index (χ3v) is 6.07. The van der Waals surface area contributed by atoms with Crippen molar-refractivity contribution in [3.05, 3.63) is 88.5 Å². The number of imidazole rings is 1. The van der Waals surface area contributed by atoms with Crippen molar-refractivity contribution in [3.63, 3.8) is 0 Å². The van der Waals surface area contributed by atoms with Crippen LogP contribution in [0.15, 0.2) is 60.8 Å². The summed E-state index contributed by atoms with van der Waals surface area (Å²) in [5.74, 6) is 0.844. The Balaban J connectivity index is 1.85. The number of benzene rings is 2. The van der Waals surface area contributed by atoms with E-state index in [0.717, 1.165) is 34.1 Å². The van der Waals surface area contributed by atoms with Crippen LogP contribution in [0.2, 0.25) is 5.02 Å². The standard InChI is InChI=1S/C25H29ClN2O2/c1-4-17(2)23(21-12-8-9-13-22(21)26)24-27-16-20(28-24)15-19(25(29)30-3)14-18-10-6-5-7-11-18/h5-13,16-17,19,23H,4,14-15H2,1-3H3,(H,27,28). The topological polar surface area (TPSA) is 55.0 Å². The molecule has 158 valence electrons. The number of hydrogen-bond acceptors (Lipinski definition) is 3. The van der Waals surface area contributed by atoms with Gasteiger partial charge < -0.3 is 9.72 Å². The van der Waals surface area contributed by atoms with Crippen molar-refractivity contribution in [2.45, 2.75) is 39.0 Å². The molecule has 30 heavy (non-hydrogen) atoms. The van der Waals surface area contributed by atoms with Crippen molar-refractivity contribution in [1.29, 1.82) is 0 Å². The van der Waals surface area contributed by atoms with Crippen molar-refractivity contribution < 1.29 is 9.53 Å². The summed E-state index contributed by atoms with van der Waals surface area (Å²) in [5, 5.41) is 0.747. The van der Waals surface area contributed by atoms with Crippen molar-refractivity contribution in [2.24, 2.45) is 11.8 Å².